The molecule has 148 valence electrons. The highest BCUT2D eigenvalue weighted by molar-refractivity contribution is 7.91. The molecule has 0 fully saturated rings. The van der Waals surface area contributed by atoms with Gasteiger partial charge in [-0.2, -0.15) is 0 Å². The van der Waals surface area contributed by atoms with Crippen LogP contribution in [0, 0.1) is 22.2 Å². The van der Waals surface area contributed by atoms with E-state index in [-0.39, 0.29) is 15.5 Å². The smallest absolute Gasteiger partial charge is 0.399 e. The summed E-state index contributed by atoms with van der Waals surface area (Å²) in [6.07, 6.45) is 1.16. The Bertz CT molecular complexity index is 1090. The van der Waals surface area contributed by atoms with Crippen molar-refractivity contribution in [2.45, 2.75) is 16.8 Å². The molecule has 0 bridgehead atoms. The molecule has 1 atom stereocenters. The van der Waals surface area contributed by atoms with Crippen LogP contribution >= 0.6 is 0 Å². The number of amides is 1. The lowest BCUT2D eigenvalue weighted by Crippen LogP contribution is -2.33. The zero-order valence-corrected chi connectivity index (χ0v) is 16.5. The van der Waals surface area contributed by atoms with Crippen molar-refractivity contribution in [2.75, 3.05) is 11.9 Å². The first-order valence-electron chi connectivity index (χ1n) is 8.53. The molecule has 0 saturated heterocycles. The van der Waals surface area contributed by atoms with E-state index in [9.17, 15) is 24.7 Å². The third-order valence-corrected chi connectivity index (χ3v) is 5.80. The lowest BCUT2D eigenvalue weighted by molar-refractivity contribution is -0.646. The van der Waals surface area contributed by atoms with Crippen LogP contribution in [0.3, 0.4) is 0 Å². The molecule has 0 aliphatic heterocycles. The second kappa shape index (κ2) is 8.29. The molecule has 2 aromatic carbocycles. The summed E-state index contributed by atoms with van der Waals surface area (Å²) in [6.45, 7) is 1.85. The SMILES string of the molecule is Cc1ccccc1N(C)C(=O)c1ccc([S+]([O-])c2cccc[n+]2[O-])c([N+](=O)[O-])c1. The molecular formula is C20H17N3O5S. The number of aryl methyl sites for hydroxylation is 1. The quantitative estimate of drug-likeness (QED) is 0.211. The number of rotatable bonds is 5. The van der Waals surface area contributed by atoms with Gasteiger partial charge in [0.15, 0.2) is 6.20 Å². The van der Waals surface area contributed by atoms with Crippen molar-refractivity contribution in [1.82, 2.24) is 0 Å². The minimum absolute atomic E-state index is 0.0752. The maximum absolute atomic E-state index is 12.9. The molecule has 0 aliphatic rings. The van der Waals surface area contributed by atoms with Crippen molar-refractivity contribution in [3.63, 3.8) is 0 Å². The van der Waals surface area contributed by atoms with Gasteiger partial charge in [0.25, 0.3) is 5.91 Å². The van der Waals surface area contributed by atoms with Crippen LogP contribution in [0.15, 0.2) is 76.8 Å². The van der Waals surface area contributed by atoms with Crippen LogP contribution in [-0.2, 0) is 11.2 Å². The topological polar surface area (TPSA) is 113 Å². The minimum Gasteiger partial charge on any atom is -0.615 e. The molecule has 0 spiro atoms. The monoisotopic (exact) mass is 411 g/mol. The molecule has 0 radical (unpaired) electrons. The summed E-state index contributed by atoms with van der Waals surface area (Å²) in [5.74, 6) is -0.446. The minimum atomic E-state index is -2.08. The number of carbonyl (C=O) groups excluding carboxylic acids is 1. The van der Waals surface area contributed by atoms with Gasteiger partial charge in [0.2, 0.25) is 4.90 Å². The molecular weight excluding hydrogens is 394 g/mol. The van der Waals surface area contributed by atoms with Gasteiger partial charge in [-0.25, -0.2) is 0 Å². The second-order valence-corrected chi connectivity index (χ2v) is 7.62. The summed E-state index contributed by atoms with van der Waals surface area (Å²) < 4.78 is 13.2. The largest absolute Gasteiger partial charge is 0.615 e. The highest BCUT2D eigenvalue weighted by Gasteiger charge is 2.33. The third-order valence-electron chi connectivity index (χ3n) is 4.36. The van der Waals surface area contributed by atoms with Crippen LogP contribution in [0.25, 0.3) is 0 Å². The number of benzene rings is 2. The molecule has 8 nitrogen and oxygen atoms in total. The summed E-state index contributed by atoms with van der Waals surface area (Å²) >= 11 is -2.08. The highest BCUT2D eigenvalue weighted by atomic mass is 32.2. The maximum atomic E-state index is 12.9. The molecule has 1 amide bonds. The Balaban J connectivity index is 2.00. The summed E-state index contributed by atoms with van der Waals surface area (Å²) in [5, 5.41) is 23.3. The fraction of sp³-hybridized carbons (Fsp3) is 0.100. The molecule has 3 rings (SSSR count). The predicted octanol–water partition coefficient (Wildman–Crippen LogP) is 2.98. The average molecular weight is 411 g/mol. The van der Waals surface area contributed by atoms with E-state index in [0.717, 1.165) is 17.8 Å². The van der Waals surface area contributed by atoms with Crippen molar-refractivity contribution in [3.8, 4) is 0 Å². The van der Waals surface area contributed by atoms with Gasteiger partial charge in [-0.15, -0.1) is 4.73 Å². The number of aromatic nitrogens is 1. The zero-order chi connectivity index (χ0) is 21.1. The summed E-state index contributed by atoms with van der Waals surface area (Å²) in [4.78, 5) is 25.0. The van der Waals surface area contributed by atoms with E-state index in [1.807, 2.05) is 19.1 Å². The number of para-hydroxylation sites is 1. The average Bonchev–Trinajstić information content (AvgIpc) is 2.72. The number of nitro benzene ring substituents is 1. The molecule has 0 saturated carbocycles. The Hall–Kier alpha value is -3.43. The van der Waals surface area contributed by atoms with Crippen molar-refractivity contribution in [1.29, 1.82) is 0 Å². The van der Waals surface area contributed by atoms with Crippen molar-refractivity contribution in [3.05, 3.63) is 93.3 Å². The van der Waals surface area contributed by atoms with E-state index >= 15 is 0 Å². The number of hydrogen-bond donors (Lipinski definition) is 0. The van der Waals surface area contributed by atoms with Crippen LogP contribution in [0.1, 0.15) is 15.9 Å². The molecule has 0 aliphatic carbocycles. The van der Waals surface area contributed by atoms with Gasteiger partial charge in [0, 0.05) is 36.5 Å². The number of anilines is 1. The van der Waals surface area contributed by atoms with E-state index in [1.54, 1.807) is 19.2 Å². The standard InChI is InChI=1S/C20H17N3O5S/c1-14-7-3-4-8-16(14)21(2)20(24)15-10-11-18(17(13-15)23(26)27)29(28)19-9-5-6-12-22(19)25/h3-13H,1-2H3. The molecule has 1 aromatic heterocycles. The van der Waals surface area contributed by atoms with E-state index < -0.39 is 27.7 Å². The first kappa shape index (κ1) is 20.3. The Morgan fingerprint density at radius 2 is 1.79 bits per heavy atom. The predicted molar refractivity (Wildman–Crippen MR) is 107 cm³/mol. The van der Waals surface area contributed by atoms with E-state index in [1.165, 1.54) is 35.2 Å². The Labute approximate surface area is 169 Å². The van der Waals surface area contributed by atoms with E-state index in [0.29, 0.717) is 10.4 Å². The van der Waals surface area contributed by atoms with Gasteiger partial charge < -0.3 is 14.7 Å². The molecule has 9 heteroatoms. The number of pyridine rings is 1. The number of nitrogens with zero attached hydrogens (tertiary/aromatic N) is 3. The van der Waals surface area contributed by atoms with Crippen LogP contribution in [-0.4, -0.2) is 22.4 Å². The Kier molecular flexibility index (Phi) is 5.81. The molecule has 3 aromatic rings. The maximum Gasteiger partial charge on any atom is 0.399 e. The molecule has 1 unspecified atom stereocenters. The summed E-state index contributed by atoms with van der Waals surface area (Å²) in [6, 6.07) is 15.3. The third kappa shape index (κ3) is 4.05. The van der Waals surface area contributed by atoms with Crippen LogP contribution in [0.4, 0.5) is 11.4 Å². The summed E-state index contributed by atoms with van der Waals surface area (Å²) in [7, 11) is 1.58. The number of hydrogen-bond acceptors (Lipinski definition) is 5. The second-order valence-electron chi connectivity index (χ2n) is 6.22. The fourth-order valence-electron chi connectivity index (χ4n) is 2.86. The Morgan fingerprint density at radius 1 is 1.10 bits per heavy atom. The van der Waals surface area contributed by atoms with E-state index in [2.05, 4.69) is 0 Å². The van der Waals surface area contributed by atoms with Gasteiger partial charge >= 0.3 is 10.7 Å². The Morgan fingerprint density at radius 3 is 2.45 bits per heavy atom. The van der Waals surface area contributed by atoms with Gasteiger partial charge in [-0.05, 0) is 30.7 Å². The zero-order valence-electron chi connectivity index (χ0n) is 15.6. The highest BCUT2D eigenvalue weighted by Crippen LogP contribution is 2.30. The fourth-order valence-corrected chi connectivity index (χ4v) is 4.03. The van der Waals surface area contributed by atoms with E-state index in [4.69, 9.17) is 0 Å². The van der Waals surface area contributed by atoms with Crippen molar-refractivity contribution in [2.24, 2.45) is 0 Å². The molecule has 0 N–H and O–H groups in total. The van der Waals surface area contributed by atoms with Gasteiger partial charge in [-0.1, -0.05) is 18.2 Å². The molecule has 1 heterocycles. The lowest BCUT2D eigenvalue weighted by Gasteiger charge is -2.19. The van der Waals surface area contributed by atoms with Gasteiger partial charge in [0.1, 0.15) is 11.2 Å². The van der Waals surface area contributed by atoms with Crippen molar-refractivity contribution < 1.29 is 19.0 Å². The normalized spacial score (nSPS) is 11.7. The number of nitro groups is 1. The molecule has 29 heavy (non-hydrogen) atoms. The number of carbonyl (C=O) groups is 1. The van der Waals surface area contributed by atoms with Crippen LogP contribution in [0.2, 0.25) is 0 Å². The van der Waals surface area contributed by atoms with Gasteiger partial charge in [0.05, 0.1) is 11.0 Å². The lowest BCUT2D eigenvalue weighted by atomic mass is 10.1. The van der Waals surface area contributed by atoms with Crippen LogP contribution < -0.4 is 9.63 Å². The van der Waals surface area contributed by atoms with Crippen molar-refractivity contribution >= 4 is 28.5 Å². The first-order chi connectivity index (χ1) is 13.8. The van der Waals surface area contributed by atoms with Crippen LogP contribution in [0.5, 0.6) is 0 Å². The summed E-state index contributed by atoms with van der Waals surface area (Å²) in [5.41, 5.74) is 1.13. The van der Waals surface area contributed by atoms with Gasteiger partial charge in [-0.3, -0.25) is 14.9 Å². The first-order valence-corrected chi connectivity index (χ1v) is 9.68.